The number of hydrogen-bond donors (Lipinski definition) is 2. The Morgan fingerprint density at radius 2 is 1.78 bits per heavy atom. The molecule has 1 amide bonds. The topological polar surface area (TPSA) is 61.7 Å². The monoisotopic (exact) mass is 248 g/mol. The van der Waals surface area contributed by atoms with Crippen LogP contribution in [-0.4, -0.2) is 16.8 Å². The summed E-state index contributed by atoms with van der Waals surface area (Å²) in [7, 11) is 0. The Kier molecular flexibility index (Phi) is 2.88. The van der Waals surface area contributed by atoms with Gasteiger partial charge in [0.1, 0.15) is 5.71 Å². The molecule has 1 fully saturated rings. The third kappa shape index (κ3) is 1.58. The highest BCUT2D eigenvalue weighted by Crippen LogP contribution is 2.49. The second-order valence-electron chi connectivity index (χ2n) is 5.70. The van der Waals surface area contributed by atoms with E-state index in [4.69, 9.17) is 5.21 Å². The van der Waals surface area contributed by atoms with E-state index in [0.717, 1.165) is 57.1 Å². The first-order chi connectivity index (χ1) is 8.78. The van der Waals surface area contributed by atoms with E-state index in [1.165, 1.54) is 12.0 Å². The Morgan fingerprint density at radius 1 is 1.06 bits per heavy atom. The Labute approximate surface area is 107 Å². The number of carbonyl (C=O) groups is 1. The van der Waals surface area contributed by atoms with Crippen molar-refractivity contribution >= 4 is 11.6 Å². The van der Waals surface area contributed by atoms with Gasteiger partial charge in [-0.05, 0) is 44.1 Å². The minimum absolute atomic E-state index is 0.148. The molecule has 3 aliphatic rings. The standard InChI is InChI=1S/C14H20N2O2/c17-13-14(8-4-1-5-9-14)10-6-2-3-7-11(16-18)12(10)15-13/h18H,1-9H2,(H,15,17)/b16-11-. The lowest BCUT2D eigenvalue weighted by molar-refractivity contribution is -0.128. The van der Waals surface area contributed by atoms with Gasteiger partial charge in [-0.25, -0.2) is 0 Å². The number of fused-ring (bicyclic) bond motifs is 1. The average Bonchev–Trinajstić information content (AvgIpc) is 2.57. The van der Waals surface area contributed by atoms with E-state index >= 15 is 0 Å². The predicted molar refractivity (Wildman–Crippen MR) is 68.4 cm³/mol. The van der Waals surface area contributed by atoms with Crippen molar-refractivity contribution < 1.29 is 10.0 Å². The molecule has 1 spiro atoms. The number of rotatable bonds is 0. The van der Waals surface area contributed by atoms with Crippen molar-refractivity contribution in [3.8, 4) is 0 Å². The second-order valence-corrected chi connectivity index (χ2v) is 5.70. The smallest absolute Gasteiger partial charge is 0.234 e. The average molecular weight is 248 g/mol. The van der Waals surface area contributed by atoms with Gasteiger partial charge in [0.15, 0.2) is 0 Å². The second kappa shape index (κ2) is 4.41. The highest BCUT2D eigenvalue weighted by molar-refractivity contribution is 6.08. The van der Waals surface area contributed by atoms with Gasteiger partial charge in [-0.3, -0.25) is 4.79 Å². The molecule has 4 nitrogen and oxygen atoms in total. The van der Waals surface area contributed by atoms with Crippen molar-refractivity contribution in [2.24, 2.45) is 10.6 Å². The zero-order chi connectivity index (χ0) is 12.6. The van der Waals surface area contributed by atoms with Gasteiger partial charge < -0.3 is 10.5 Å². The summed E-state index contributed by atoms with van der Waals surface area (Å²) in [6.45, 7) is 0. The van der Waals surface area contributed by atoms with Gasteiger partial charge in [0.25, 0.3) is 0 Å². The molecule has 3 rings (SSSR count). The van der Waals surface area contributed by atoms with E-state index in [0.29, 0.717) is 5.71 Å². The Morgan fingerprint density at radius 3 is 2.50 bits per heavy atom. The fourth-order valence-corrected chi connectivity index (χ4v) is 3.80. The molecule has 4 heteroatoms. The van der Waals surface area contributed by atoms with E-state index in [1.54, 1.807) is 0 Å². The molecule has 1 saturated carbocycles. The maximum Gasteiger partial charge on any atom is 0.234 e. The van der Waals surface area contributed by atoms with Crippen molar-refractivity contribution in [3.05, 3.63) is 11.3 Å². The third-order valence-corrected chi connectivity index (χ3v) is 4.76. The van der Waals surface area contributed by atoms with Gasteiger partial charge in [0.05, 0.1) is 11.1 Å². The van der Waals surface area contributed by atoms with Crippen LogP contribution in [0.2, 0.25) is 0 Å². The van der Waals surface area contributed by atoms with E-state index in [9.17, 15) is 4.79 Å². The van der Waals surface area contributed by atoms with E-state index in [1.807, 2.05) is 0 Å². The van der Waals surface area contributed by atoms with Crippen molar-refractivity contribution in [2.75, 3.05) is 0 Å². The van der Waals surface area contributed by atoms with Gasteiger partial charge in [-0.2, -0.15) is 0 Å². The third-order valence-electron chi connectivity index (χ3n) is 4.76. The van der Waals surface area contributed by atoms with Crippen LogP contribution >= 0.6 is 0 Å². The zero-order valence-electron chi connectivity index (χ0n) is 10.7. The van der Waals surface area contributed by atoms with Crippen LogP contribution in [0.4, 0.5) is 0 Å². The molecule has 1 heterocycles. The molecule has 0 atom stereocenters. The summed E-state index contributed by atoms with van der Waals surface area (Å²) >= 11 is 0. The molecule has 98 valence electrons. The SMILES string of the molecule is O=C1NC2=C(CCCC/C2=N/O)C12CCCCC2. The summed E-state index contributed by atoms with van der Waals surface area (Å²) < 4.78 is 0. The molecule has 18 heavy (non-hydrogen) atoms. The number of hydrogen-bond acceptors (Lipinski definition) is 3. The van der Waals surface area contributed by atoms with Crippen molar-refractivity contribution in [3.63, 3.8) is 0 Å². The number of carbonyl (C=O) groups excluding carboxylic acids is 1. The maximum absolute atomic E-state index is 12.4. The highest BCUT2D eigenvalue weighted by atomic mass is 16.4. The van der Waals surface area contributed by atoms with Crippen LogP contribution in [0, 0.1) is 5.41 Å². The molecule has 1 aliphatic heterocycles. The van der Waals surface area contributed by atoms with Crippen molar-refractivity contribution in [1.82, 2.24) is 5.32 Å². The Hall–Kier alpha value is -1.32. The summed E-state index contributed by atoms with van der Waals surface area (Å²) in [4.78, 5) is 12.4. The summed E-state index contributed by atoms with van der Waals surface area (Å²) in [6, 6.07) is 0. The molecule has 0 bridgehead atoms. The fourth-order valence-electron chi connectivity index (χ4n) is 3.80. The molecule has 0 unspecified atom stereocenters. The van der Waals surface area contributed by atoms with Crippen LogP contribution in [0.15, 0.2) is 16.4 Å². The molecule has 0 radical (unpaired) electrons. The molecule has 0 aromatic carbocycles. The van der Waals surface area contributed by atoms with Gasteiger partial charge in [-0.15, -0.1) is 0 Å². The fraction of sp³-hybridized carbons (Fsp3) is 0.714. The minimum Gasteiger partial charge on any atom is -0.411 e. The van der Waals surface area contributed by atoms with Crippen LogP contribution in [0.1, 0.15) is 57.8 Å². The normalized spacial score (nSPS) is 29.3. The summed E-state index contributed by atoms with van der Waals surface area (Å²) in [5.74, 6) is 0.148. The minimum atomic E-state index is -0.270. The maximum atomic E-state index is 12.4. The number of nitrogens with zero attached hydrogens (tertiary/aromatic N) is 1. The number of allylic oxidation sites excluding steroid dienone is 1. The summed E-state index contributed by atoms with van der Waals surface area (Å²) in [5.41, 5.74) is 2.49. The van der Waals surface area contributed by atoms with Gasteiger partial charge in [0.2, 0.25) is 5.91 Å². The Balaban J connectivity index is 2.04. The first-order valence-electron chi connectivity index (χ1n) is 7.04. The lowest BCUT2D eigenvalue weighted by Crippen LogP contribution is -2.36. The van der Waals surface area contributed by atoms with Gasteiger partial charge in [0, 0.05) is 0 Å². The number of nitrogens with one attached hydrogen (secondary N) is 1. The number of amides is 1. The van der Waals surface area contributed by atoms with Crippen molar-refractivity contribution in [1.29, 1.82) is 0 Å². The zero-order valence-corrected chi connectivity index (χ0v) is 10.7. The molecule has 0 aromatic heterocycles. The molecule has 2 N–H and O–H groups in total. The molecular weight excluding hydrogens is 228 g/mol. The lowest BCUT2D eigenvalue weighted by Gasteiger charge is -2.33. The highest BCUT2D eigenvalue weighted by Gasteiger charge is 2.49. The van der Waals surface area contributed by atoms with Gasteiger partial charge in [-0.1, -0.05) is 24.4 Å². The predicted octanol–water partition coefficient (Wildman–Crippen LogP) is 2.73. The summed E-state index contributed by atoms with van der Waals surface area (Å²) in [6.07, 6.45) is 9.32. The van der Waals surface area contributed by atoms with Crippen LogP contribution in [0.25, 0.3) is 0 Å². The quantitative estimate of drug-likeness (QED) is 0.511. The van der Waals surface area contributed by atoms with Crippen molar-refractivity contribution in [2.45, 2.75) is 57.8 Å². The van der Waals surface area contributed by atoms with Crippen LogP contribution in [0.5, 0.6) is 0 Å². The molecular formula is C14H20N2O2. The lowest BCUT2D eigenvalue weighted by atomic mass is 9.68. The largest absolute Gasteiger partial charge is 0.411 e. The molecule has 0 saturated heterocycles. The summed E-state index contributed by atoms with van der Waals surface area (Å²) in [5, 5.41) is 15.6. The molecule has 0 aromatic rings. The van der Waals surface area contributed by atoms with E-state index in [2.05, 4.69) is 10.5 Å². The van der Waals surface area contributed by atoms with E-state index < -0.39 is 0 Å². The van der Waals surface area contributed by atoms with E-state index in [-0.39, 0.29) is 11.3 Å². The van der Waals surface area contributed by atoms with Crippen LogP contribution in [0.3, 0.4) is 0 Å². The van der Waals surface area contributed by atoms with Crippen LogP contribution < -0.4 is 5.32 Å². The number of oxime groups is 1. The first-order valence-corrected chi connectivity index (χ1v) is 7.04. The first kappa shape index (κ1) is 11.8. The van der Waals surface area contributed by atoms with Crippen LogP contribution in [-0.2, 0) is 4.79 Å². The molecule has 2 aliphatic carbocycles. The van der Waals surface area contributed by atoms with Gasteiger partial charge >= 0.3 is 0 Å². The Bertz CT molecular complexity index is 431.